The van der Waals surface area contributed by atoms with Gasteiger partial charge >= 0.3 is 0 Å². The molecule has 5 heteroatoms. The minimum absolute atomic E-state index is 0.0126. The molecule has 0 aromatic heterocycles. The molecule has 0 radical (unpaired) electrons. The molecule has 2 rings (SSSR count). The second-order valence-electron chi connectivity index (χ2n) is 3.21. The third kappa shape index (κ3) is 1.79. The van der Waals surface area contributed by atoms with Gasteiger partial charge in [0, 0.05) is 5.39 Å². The molecule has 15 heavy (non-hydrogen) atoms. The van der Waals surface area contributed by atoms with Crippen LogP contribution in [0.15, 0.2) is 41.3 Å². The number of fused-ring (bicyclic) bond motifs is 1. The molecule has 0 fully saturated rings. The molecule has 0 atom stereocenters. The van der Waals surface area contributed by atoms with Crippen molar-refractivity contribution in [1.29, 1.82) is 0 Å². The maximum Gasteiger partial charge on any atom is 0.238 e. The highest BCUT2D eigenvalue weighted by molar-refractivity contribution is 7.89. The van der Waals surface area contributed by atoms with Crippen LogP contribution in [0.25, 0.3) is 10.8 Å². The molecule has 0 saturated carbocycles. The minimum atomic E-state index is -3.76. The van der Waals surface area contributed by atoms with E-state index in [1.165, 1.54) is 18.2 Å². The highest BCUT2D eigenvalue weighted by Crippen LogP contribution is 2.25. The van der Waals surface area contributed by atoms with E-state index in [0.717, 1.165) is 5.39 Å². The van der Waals surface area contributed by atoms with Gasteiger partial charge in [0.1, 0.15) is 5.75 Å². The van der Waals surface area contributed by atoms with Gasteiger partial charge in [-0.1, -0.05) is 18.2 Å². The summed E-state index contributed by atoms with van der Waals surface area (Å²) in [5.41, 5.74) is 0. The normalized spacial score (nSPS) is 11.8. The van der Waals surface area contributed by atoms with Crippen LogP contribution in [0.5, 0.6) is 5.75 Å². The van der Waals surface area contributed by atoms with Gasteiger partial charge < -0.3 is 5.11 Å². The number of nitrogens with two attached hydrogens (primary N) is 1. The zero-order valence-electron chi connectivity index (χ0n) is 7.71. The minimum Gasteiger partial charge on any atom is -0.508 e. The number of benzene rings is 2. The van der Waals surface area contributed by atoms with Crippen molar-refractivity contribution in [3.8, 4) is 5.75 Å². The number of phenols is 1. The van der Waals surface area contributed by atoms with Gasteiger partial charge in [0.15, 0.2) is 0 Å². The lowest BCUT2D eigenvalue weighted by Crippen LogP contribution is -2.12. The van der Waals surface area contributed by atoms with E-state index >= 15 is 0 Å². The highest BCUT2D eigenvalue weighted by Gasteiger charge is 2.11. The largest absolute Gasteiger partial charge is 0.508 e. The Morgan fingerprint density at radius 2 is 1.87 bits per heavy atom. The third-order valence-corrected chi connectivity index (χ3v) is 3.10. The Labute approximate surface area is 87.0 Å². The predicted molar refractivity (Wildman–Crippen MR) is 57.0 cm³/mol. The summed E-state index contributed by atoms with van der Waals surface area (Å²) in [6, 6.07) is 9.29. The third-order valence-electron chi connectivity index (χ3n) is 2.13. The summed E-state index contributed by atoms with van der Waals surface area (Å²) in [4.78, 5) is 0.0240. The van der Waals surface area contributed by atoms with Crippen molar-refractivity contribution < 1.29 is 13.5 Å². The van der Waals surface area contributed by atoms with Crippen molar-refractivity contribution >= 4 is 20.8 Å². The van der Waals surface area contributed by atoms with Crippen molar-refractivity contribution in [2.24, 2.45) is 5.14 Å². The zero-order valence-corrected chi connectivity index (χ0v) is 8.53. The Hall–Kier alpha value is -1.59. The molecule has 0 aliphatic rings. The van der Waals surface area contributed by atoms with E-state index in [-0.39, 0.29) is 10.6 Å². The van der Waals surface area contributed by atoms with Crippen LogP contribution in [-0.4, -0.2) is 13.5 Å². The van der Waals surface area contributed by atoms with Gasteiger partial charge in [-0.05, 0) is 23.6 Å². The Kier molecular flexibility index (Phi) is 2.13. The molecule has 0 aliphatic carbocycles. The number of primary sulfonamides is 1. The SMILES string of the molecule is NS(=O)(=O)c1cccc2ccc(O)cc12. The first-order valence-electron chi connectivity index (χ1n) is 4.23. The van der Waals surface area contributed by atoms with Crippen molar-refractivity contribution in [1.82, 2.24) is 0 Å². The smallest absolute Gasteiger partial charge is 0.238 e. The Balaban J connectivity index is 2.92. The predicted octanol–water partition coefficient (Wildman–Crippen LogP) is 1.19. The number of rotatable bonds is 1. The maximum atomic E-state index is 11.3. The zero-order chi connectivity index (χ0) is 11.1. The molecule has 0 unspecified atom stereocenters. The number of aromatic hydroxyl groups is 1. The Morgan fingerprint density at radius 1 is 1.13 bits per heavy atom. The summed E-state index contributed by atoms with van der Waals surface area (Å²) in [6.07, 6.45) is 0. The van der Waals surface area contributed by atoms with Gasteiger partial charge in [0.2, 0.25) is 10.0 Å². The average molecular weight is 223 g/mol. The Bertz CT molecular complexity index is 620. The molecular formula is C10H9NO3S. The number of sulfonamides is 1. The van der Waals surface area contributed by atoms with Gasteiger partial charge in [-0.15, -0.1) is 0 Å². The second-order valence-corrected chi connectivity index (χ2v) is 4.74. The molecule has 0 amide bonds. The summed E-state index contributed by atoms with van der Waals surface area (Å²) in [5, 5.41) is 15.5. The fourth-order valence-corrected chi connectivity index (χ4v) is 2.23. The van der Waals surface area contributed by atoms with Crippen molar-refractivity contribution in [2.75, 3.05) is 0 Å². The maximum absolute atomic E-state index is 11.3. The van der Waals surface area contributed by atoms with Crippen molar-refractivity contribution in [3.05, 3.63) is 36.4 Å². The lowest BCUT2D eigenvalue weighted by molar-refractivity contribution is 0.476. The van der Waals surface area contributed by atoms with Gasteiger partial charge in [-0.2, -0.15) is 0 Å². The van der Waals surface area contributed by atoms with Gasteiger partial charge in [0.05, 0.1) is 4.90 Å². The van der Waals surface area contributed by atoms with Gasteiger partial charge in [0.25, 0.3) is 0 Å². The van der Waals surface area contributed by atoms with Crippen molar-refractivity contribution in [2.45, 2.75) is 4.90 Å². The Morgan fingerprint density at radius 3 is 2.53 bits per heavy atom. The lowest BCUT2D eigenvalue weighted by Gasteiger charge is -2.04. The molecule has 3 N–H and O–H groups in total. The number of hydrogen-bond donors (Lipinski definition) is 2. The van der Waals surface area contributed by atoms with Crippen LogP contribution >= 0.6 is 0 Å². The number of phenolic OH excluding ortho intramolecular Hbond substituents is 1. The molecule has 0 bridgehead atoms. The van der Waals surface area contributed by atoms with E-state index in [1.54, 1.807) is 18.2 Å². The highest BCUT2D eigenvalue weighted by atomic mass is 32.2. The summed E-state index contributed by atoms with van der Waals surface area (Å²) in [5.74, 6) is 0.0126. The van der Waals surface area contributed by atoms with Gasteiger partial charge in [-0.25, -0.2) is 13.6 Å². The van der Waals surface area contributed by atoms with Crippen LogP contribution in [-0.2, 0) is 10.0 Å². The van der Waals surface area contributed by atoms with Crippen molar-refractivity contribution in [3.63, 3.8) is 0 Å². The molecule has 0 heterocycles. The van der Waals surface area contributed by atoms with Gasteiger partial charge in [-0.3, -0.25) is 0 Å². The lowest BCUT2D eigenvalue weighted by atomic mass is 10.1. The molecule has 0 spiro atoms. The van der Waals surface area contributed by atoms with E-state index in [2.05, 4.69) is 0 Å². The van der Waals surface area contributed by atoms with Crippen LogP contribution in [0.2, 0.25) is 0 Å². The molecular weight excluding hydrogens is 214 g/mol. The first kappa shape index (κ1) is 9.95. The first-order valence-corrected chi connectivity index (χ1v) is 5.78. The number of hydrogen-bond acceptors (Lipinski definition) is 3. The summed E-state index contributed by atoms with van der Waals surface area (Å²) in [6.45, 7) is 0. The fraction of sp³-hybridized carbons (Fsp3) is 0. The molecule has 0 aliphatic heterocycles. The van der Waals surface area contributed by atoms with Crippen LogP contribution < -0.4 is 5.14 Å². The molecule has 2 aromatic rings. The first-order chi connectivity index (χ1) is 6.98. The van der Waals surface area contributed by atoms with E-state index in [1.807, 2.05) is 0 Å². The van der Waals surface area contributed by atoms with Crippen LogP contribution in [0.1, 0.15) is 0 Å². The molecule has 4 nitrogen and oxygen atoms in total. The average Bonchev–Trinajstić information content (AvgIpc) is 2.15. The van der Waals surface area contributed by atoms with E-state index < -0.39 is 10.0 Å². The molecule has 2 aromatic carbocycles. The van der Waals surface area contributed by atoms with Crippen LogP contribution in [0.3, 0.4) is 0 Å². The van der Waals surface area contributed by atoms with E-state index in [9.17, 15) is 13.5 Å². The fourth-order valence-electron chi connectivity index (χ4n) is 1.48. The van der Waals surface area contributed by atoms with E-state index in [4.69, 9.17) is 5.14 Å². The van der Waals surface area contributed by atoms with E-state index in [0.29, 0.717) is 5.39 Å². The summed E-state index contributed by atoms with van der Waals surface area (Å²) >= 11 is 0. The quantitative estimate of drug-likeness (QED) is 0.762. The summed E-state index contributed by atoms with van der Waals surface area (Å²) in [7, 11) is -3.76. The summed E-state index contributed by atoms with van der Waals surface area (Å²) < 4.78 is 22.5. The topological polar surface area (TPSA) is 80.4 Å². The monoisotopic (exact) mass is 223 g/mol. The van der Waals surface area contributed by atoms with Crippen LogP contribution in [0.4, 0.5) is 0 Å². The second kappa shape index (κ2) is 3.22. The standard InChI is InChI=1S/C10H9NO3S/c11-15(13,14)10-3-1-2-7-4-5-8(12)6-9(7)10/h1-6,12H,(H2,11,13,14). The molecule has 0 saturated heterocycles. The molecule has 78 valence electrons. The van der Waals surface area contributed by atoms with Crippen LogP contribution in [0, 0.1) is 0 Å².